The molecule has 4 rings (SSSR count). The van der Waals surface area contributed by atoms with E-state index in [1.54, 1.807) is 30.6 Å². The molecule has 1 fully saturated rings. The summed E-state index contributed by atoms with van der Waals surface area (Å²) in [6.07, 6.45) is 13.8. The van der Waals surface area contributed by atoms with Crippen LogP contribution in [0.5, 0.6) is 0 Å². The molecular formula is C32H40F2N4O. The van der Waals surface area contributed by atoms with E-state index < -0.39 is 5.41 Å². The fourth-order valence-electron chi connectivity index (χ4n) is 5.67. The van der Waals surface area contributed by atoms with Crippen molar-refractivity contribution in [3.05, 3.63) is 83.8 Å². The Morgan fingerprint density at radius 1 is 1.10 bits per heavy atom. The van der Waals surface area contributed by atoms with Crippen molar-refractivity contribution in [1.29, 1.82) is 5.26 Å². The third kappa shape index (κ3) is 7.74. The molecule has 0 saturated carbocycles. The van der Waals surface area contributed by atoms with Crippen molar-refractivity contribution in [2.45, 2.75) is 71.1 Å². The van der Waals surface area contributed by atoms with Gasteiger partial charge in [-0.25, -0.2) is 8.78 Å². The quantitative estimate of drug-likeness (QED) is 0.374. The number of aliphatic imine (C=N–C) groups is 1. The maximum atomic E-state index is 15.2. The lowest BCUT2D eigenvalue weighted by Crippen LogP contribution is -2.49. The molecule has 0 amide bonds. The first-order valence-electron chi connectivity index (χ1n) is 13.9. The average molecular weight is 535 g/mol. The Labute approximate surface area is 231 Å². The molecule has 39 heavy (non-hydrogen) atoms. The molecule has 7 heteroatoms. The molecule has 0 radical (unpaired) electrons. The topological polar surface area (TPSA) is 60.6 Å². The summed E-state index contributed by atoms with van der Waals surface area (Å²) in [5.74, 6) is -0.532. The normalized spacial score (nSPS) is 25.1. The van der Waals surface area contributed by atoms with Crippen LogP contribution in [0.15, 0.2) is 77.4 Å². The molecule has 2 unspecified atom stereocenters. The summed E-state index contributed by atoms with van der Waals surface area (Å²) in [6.45, 7) is 8.27. The van der Waals surface area contributed by atoms with Crippen LogP contribution < -0.4 is 5.32 Å². The molecule has 1 aromatic carbocycles. The largest absolute Gasteiger partial charge is 0.360 e. The molecule has 2 aliphatic heterocycles. The lowest BCUT2D eigenvalue weighted by atomic mass is 9.65. The van der Waals surface area contributed by atoms with E-state index in [9.17, 15) is 9.65 Å². The highest BCUT2D eigenvalue weighted by molar-refractivity contribution is 5.91. The zero-order chi connectivity index (χ0) is 27.9. The second-order valence-electron chi connectivity index (χ2n) is 11.7. The summed E-state index contributed by atoms with van der Waals surface area (Å²) in [5.41, 5.74) is 0.744. The van der Waals surface area contributed by atoms with Crippen LogP contribution >= 0.6 is 0 Å². The lowest BCUT2D eigenvalue weighted by Gasteiger charge is -2.42. The van der Waals surface area contributed by atoms with E-state index in [0.29, 0.717) is 17.7 Å². The van der Waals surface area contributed by atoms with Gasteiger partial charge in [-0.3, -0.25) is 9.89 Å². The molecule has 2 atom stereocenters. The van der Waals surface area contributed by atoms with Gasteiger partial charge in [0.25, 0.3) is 0 Å². The van der Waals surface area contributed by atoms with Crippen LogP contribution in [0, 0.1) is 28.5 Å². The number of nitrogens with one attached hydrogen (secondary N) is 1. The molecule has 3 aliphatic rings. The minimum Gasteiger partial charge on any atom is -0.360 e. The first-order chi connectivity index (χ1) is 18.7. The Kier molecular flexibility index (Phi) is 9.53. The van der Waals surface area contributed by atoms with Crippen LogP contribution in [0.1, 0.15) is 58.4 Å². The number of ether oxygens (including phenoxy) is 1. The molecule has 5 nitrogen and oxygen atoms in total. The van der Waals surface area contributed by atoms with Crippen LogP contribution in [-0.4, -0.2) is 42.1 Å². The van der Waals surface area contributed by atoms with Crippen molar-refractivity contribution in [2.75, 3.05) is 19.6 Å². The van der Waals surface area contributed by atoms with Gasteiger partial charge < -0.3 is 10.1 Å². The van der Waals surface area contributed by atoms with Gasteiger partial charge in [0.05, 0.1) is 22.8 Å². The van der Waals surface area contributed by atoms with Gasteiger partial charge in [-0.15, -0.1) is 0 Å². The molecule has 208 valence electrons. The number of likely N-dealkylation sites (tertiary alicyclic amines) is 1. The van der Waals surface area contributed by atoms with Gasteiger partial charge in [0, 0.05) is 25.4 Å². The average Bonchev–Trinajstić information content (AvgIpc) is 2.90. The monoisotopic (exact) mass is 534 g/mol. The molecular weight excluding hydrogens is 494 g/mol. The smallest absolute Gasteiger partial charge is 0.168 e. The van der Waals surface area contributed by atoms with Gasteiger partial charge in [0.15, 0.2) is 6.23 Å². The SMILES string of the molecule is CC(C)(C)OC1NC=CN=C1CN1CCC(C(C#N)(C/C2=C(\F)C/C=C\CC=C2)Cc2ccccc2F)CC1. The summed E-state index contributed by atoms with van der Waals surface area (Å²) < 4.78 is 36.1. The van der Waals surface area contributed by atoms with E-state index in [4.69, 9.17) is 4.74 Å². The number of benzene rings is 1. The van der Waals surface area contributed by atoms with Gasteiger partial charge >= 0.3 is 0 Å². The first-order valence-corrected chi connectivity index (χ1v) is 13.9. The summed E-state index contributed by atoms with van der Waals surface area (Å²) in [7, 11) is 0. The highest BCUT2D eigenvalue weighted by Gasteiger charge is 2.42. The number of halogens is 2. The summed E-state index contributed by atoms with van der Waals surface area (Å²) in [4.78, 5) is 6.93. The Morgan fingerprint density at radius 2 is 1.87 bits per heavy atom. The van der Waals surface area contributed by atoms with E-state index in [-0.39, 0.29) is 48.7 Å². The van der Waals surface area contributed by atoms with Crippen LogP contribution in [0.4, 0.5) is 8.78 Å². The second kappa shape index (κ2) is 12.8. The number of nitriles is 1. The number of allylic oxidation sites excluding steroid dienone is 6. The van der Waals surface area contributed by atoms with E-state index in [2.05, 4.69) is 21.3 Å². The maximum absolute atomic E-state index is 15.2. The number of rotatable bonds is 8. The second-order valence-corrected chi connectivity index (χ2v) is 11.7. The fraction of sp³-hybridized carbons (Fsp3) is 0.500. The van der Waals surface area contributed by atoms with Gasteiger partial charge in [0.2, 0.25) is 0 Å². The Bertz CT molecular complexity index is 1200. The number of nitrogens with zero attached hydrogens (tertiary/aromatic N) is 3. The molecule has 1 aliphatic carbocycles. The zero-order valence-electron chi connectivity index (χ0n) is 23.3. The standard InChI is InChI=1S/C32H40F2N4O/c1-31(2,3)39-30-29(36-16-17-37-30)22-38-18-14-26(15-19-38)32(23-35,21-25-11-8-9-13-28(25)34)20-24-10-6-4-5-7-12-27(24)33/h5-11,13,16-17,26,30,37H,4,12,14-15,18-22H2,1-3H3/b7-5-,10-6?,27-24-. The van der Waals surface area contributed by atoms with Gasteiger partial charge in [-0.1, -0.05) is 42.5 Å². The van der Waals surface area contributed by atoms with Crippen LogP contribution in [0.2, 0.25) is 0 Å². The third-order valence-corrected chi connectivity index (χ3v) is 7.69. The fourth-order valence-corrected chi connectivity index (χ4v) is 5.67. The van der Waals surface area contributed by atoms with Crippen LogP contribution in [-0.2, 0) is 11.2 Å². The van der Waals surface area contributed by atoms with Crippen molar-refractivity contribution in [3.8, 4) is 6.07 Å². The Balaban J connectivity index is 1.53. The number of hydrogen-bond acceptors (Lipinski definition) is 5. The van der Waals surface area contributed by atoms with E-state index >= 15 is 4.39 Å². The van der Waals surface area contributed by atoms with Gasteiger partial charge in [0.1, 0.15) is 11.6 Å². The predicted octanol–water partition coefficient (Wildman–Crippen LogP) is 6.77. The lowest BCUT2D eigenvalue weighted by molar-refractivity contribution is -0.0394. The minimum absolute atomic E-state index is 0.000904. The van der Waals surface area contributed by atoms with Crippen molar-refractivity contribution in [2.24, 2.45) is 16.3 Å². The molecule has 0 spiro atoms. The Hall–Kier alpha value is -3.08. The summed E-state index contributed by atoms with van der Waals surface area (Å²) in [5, 5.41) is 13.9. The van der Waals surface area contributed by atoms with Crippen molar-refractivity contribution >= 4 is 5.71 Å². The first kappa shape index (κ1) is 28.9. The van der Waals surface area contributed by atoms with Crippen molar-refractivity contribution in [3.63, 3.8) is 0 Å². The number of hydrogen-bond donors (Lipinski definition) is 1. The van der Waals surface area contributed by atoms with Crippen LogP contribution in [0.25, 0.3) is 0 Å². The highest BCUT2D eigenvalue weighted by atomic mass is 19.1. The minimum atomic E-state index is -0.918. The predicted molar refractivity (Wildman–Crippen MR) is 152 cm³/mol. The zero-order valence-corrected chi connectivity index (χ0v) is 23.3. The third-order valence-electron chi connectivity index (χ3n) is 7.69. The molecule has 1 saturated heterocycles. The van der Waals surface area contributed by atoms with Gasteiger partial charge in [-0.05, 0) is 89.1 Å². The summed E-state index contributed by atoms with van der Waals surface area (Å²) in [6, 6.07) is 9.23. The summed E-state index contributed by atoms with van der Waals surface area (Å²) >= 11 is 0. The maximum Gasteiger partial charge on any atom is 0.168 e. The molecule has 1 N–H and O–H groups in total. The molecule has 1 aromatic rings. The molecule has 2 heterocycles. The van der Waals surface area contributed by atoms with Gasteiger partial charge in [-0.2, -0.15) is 5.26 Å². The highest BCUT2D eigenvalue weighted by Crippen LogP contribution is 2.44. The van der Waals surface area contributed by atoms with Crippen molar-refractivity contribution in [1.82, 2.24) is 10.2 Å². The van der Waals surface area contributed by atoms with E-state index in [1.165, 1.54) is 6.07 Å². The van der Waals surface area contributed by atoms with E-state index in [1.807, 2.05) is 45.1 Å². The number of piperidine rings is 1. The van der Waals surface area contributed by atoms with E-state index in [0.717, 1.165) is 38.1 Å². The molecule has 0 bridgehead atoms. The molecule has 0 aromatic heterocycles. The van der Waals surface area contributed by atoms with Crippen LogP contribution in [0.3, 0.4) is 0 Å². The van der Waals surface area contributed by atoms with Crippen molar-refractivity contribution < 1.29 is 13.5 Å². The Morgan fingerprint density at radius 3 is 2.59 bits per heavy atom.